The van der Waals surface area contributed by atoms with Crippen LogP contribution in [0.5, 0.6) is 5.75 Å². The molecule has 2 aliphatic rings. The summed E-state index contributed by atoms with van der Waals surface area (Å²) in [6.07, 6.45) is 4.62. The van der Waals surface area contributed by atoms with Crippen molar-refractivity contribution >= 4 is 23.6 Å². The van der Waals surface area contributed by atoms with Gasteiger partial charge in [0.1, 0.15) is 12.1 Å². The van der Waals surface area contributed by atoms with Crippen LogP contribution >= 0.6 is 11.8 Å². The van der Waals surface area contributed by atoms with Gasteiger partial charge in [-0.15, -0.1) is 11.8 Å². The molecule has 1 saturated carbocycles. The predicted molar refractivity (Wildman–Crippen MR) is 97.7 cm³/mol. The molecule has 2 atom stereocenters. The van der Waals surface area contributed by atoms with E-state index in [1.165, 1.54) is 30.9 Å². The minimum absolute atomic E-state index is 0.0862. The quantitative estimate of drug-likeness (QED) is 0.709. The molecule has 2 fully saturated rings. The van der Waals surface area contributed by atoms with Crippen LogP contribution in [0.2, 0.25) is 0 Å². The lowest BCUT2D eigenvalue weighted by Gasteiger charge is -2.22. The Bertz CT molecular complexity index is 650. The minimum Gasteiger partial charge on any atom is -0.485 e. The first-order chi connectivity index (χ1) is 12.6. The number of methoxy groups -OCH3 is 1. The minimum atomic E-state index is -0.673. The van der Waals surface area contributed by atoms with Crippen LogP contribution in [0.4, 0.5) is 4.39 Å². The Morgan fingerprint density at radius 3 is 2.69 bits per heavy atom. The van der Waals surface area contributed by atoms with Crippen molar-refractivity contribution in [3.05, 3.63) is 30.1 Å². The number of para-hydroxylation sites is 1. The zero-order chi connectivity index (χ0) is 18.5. The molecule has 0 spiro atoms. The zero-order valence-corrected chi connectivity index (χ0v) is 15.7. The molecule has 1 aromatic rings. The van der Waals surface area contributed by atoms with Crippen molar-refractivity contribution < 1.29 is 23.5 Å². The van der Waals surface area contributed by atoms with Gasteiger partial charge in [-0.25, -0.2) is 9.18 Å². The summed E-state index contributed by atoms with van der Waals surface area (Å²) in [5.41, 5.74) is 0. The number of benzene rings is 1. The summed E-state index contributed by atoms with van der Waals surface area (Å²) in [5, 5.41) is 0.531. The number of likely N-dealkylation sites (tertiary alicyclic amines) is 1. The first-order valence-corrected chi connectivity index (χ1v) is 10.0. The van der Waals surface area contributed by atoms with E-state index in [0.29, 0.717) is 17.4 Å². The van der Waals surface area contributed by atoms with Crippen LogP contribution in [0.3, 0.4) is 0 Å². The molecular formula is C19H24FNO4S. The van der Waals surface area contributed by atoms with Crippen molar-refractivity contribution in [2.75, 3.05) is 19.4 Å². The van der Waals surface area contributed by atoms with Gasteiger partial charge < -0.3 is 14.4 Å². The number of halogens is 1. The van der Waals surface area contributed by atoms with Crippen LogP contribution in [0.15, 0.2) is 24.3 Å². The monoisotopic (exact) mass is 381 g/mol. The highest BCUT2D eigenvalue weighted by molar-refractivity contribution is 8.00. The summed E-state index contributed by atoms with van der Waals surface area (Å²) in [5.74, 6) is -0.509. The lowest BCUT2D eigenvalue weighted by molar-refractivity contribution is -0.150. The highest BCUT2D eigenvalue weighted by Crippen LogP contribution is 2.31. The molecule has 1 aromatic carbocycles. The third kappa shape index (κ3) is 4.50. The maximum absolute atomic E-state index is 13.8. The van der Waals surface area contributed by atoms with E-state index in [9.17, 15) is 14.0 Å². The van der Waals surface area contributed by atoms with Gasteiger partial charge >= 0.3 is 5.97 Å². The van der Waals surface area contributed by atoms with E-state index >= 15 is 0 Å². The van der Waals surface area contributed by atoms with Gasteiger partial charge in [0.25, 0.3) is 0 Å². The number of nitrogens with zero attached hydrogens (tertiary/aromatic N) is 1. The number of carbonyl (C=O) groups is 2. The van der Waals surface area contributed by atoms with Gasteiger partial charge in [0.15, 0.2) is 11.6 Å². The van der Waals surface area contributed by atoms with Gasteiger partial charge in [-0.2, -0.15) is 0 Å². The Kier molecular flexibility index (Phi) is 6.40. The molecular weight excluding hydrogens is 357 g/mol. The summed E-state index contributed by atoms with van der Waals surface area (Å²) in [6.45, 7) is 0.262. The number of ether oxygens (including phenoxy) is 2. The number of carbonyl (C=O) groups excluding carboxylic acids is 2. The van der Waals surface area contributed by atoms with E-state index in [0.717, 1.165) is 12.8 Å². The number of hydrogen-bond acceptors (Lipinski definition) is 5. The molecule has 1 saturated heterocycles. The molecule has 0 unspecified atom stereocenters. The molecule has 1 aliphatic heterocycles. The van der Waals surface area contributed by atoms with Crippen LogP contribution < -0.4 is 4.74 Å². The second-order valence-electron chi connectivity index (χ2n) is 6.71. The molecule has 1 amide bonds. The molecule has 1 aliphatic carbocycles. The summed E-state index contributed by atoms with van der Waals surface area (Å²) in [6, 6.07) is 5.47. The largest absolute Gasteiger partial charge is 0.485 e. The van der Waals surface area contributed by atoms with E-state index in [4.69, 9.17) is 9.47 Å². The summed E-state index contributed by atoms with van der Waals surface area (Å²) >= 11 is 1.66. The lowest BCUT2D eigenvalue weighted by atomic mass is 10.2. The van der Waals surface area contributed by atoms with E-state index in [-0.39, 0.29) is 18.2 Å². The molecule has 1 heterocycles. The number of hydrogen-bond donors (Lipinski definition) is 0. The van der Waals surface area contributed by atoms with Crippen LogP contribution in [0.25, 0.3) is 0 Å². The summed E-state index contributed by atoms with van der Waals surface area (Å²) in [7, 11) is 1.31. The van der Waals surface area contributed by atoms with E-state index < -0.39 is 23.9 Å². The van der Waals surface area contributed by atoms with Gasteiger partial charge in [-0.1, -0.05) is 25.0 Å². The number of esters is 1. The van der Waals surface area contributed by atoms with Gasteiger partial charge in [0, 0.05) is 11.7 Å². The van der Waals surface area contributed by atoms with Gasteiger partial charge in [0.05, 0.1) is 19.4 Å². The number of thioether (sulfide) groups is 1. The summed E-state index contributed by atoms with van der Waals surface area (Å²) in [4.78, 5) is 26.3. The third-order valence-corrected chi connectivity index (χ3v) is 6.29. The fourth-order valence-corrected chi connectivity index (χ4v) is 4.78. The summed E-state index contributed by atoms with van der Waals surface area (Å²) < 4.78 is 24.4. The highest BCUT2D eigenvalue weighted by atomic mass is 32.2. The van der Waals surface area contributed by atoms with Gasteiger partial charge in [-0.05, 0) is 25.0 Å². The van der Waals surface area contributed by atoms with E-state index in [1.807, 2.05) is 0 Å². The molecule has 3 rings (SSSR count). The lowest BCUT2D eigenvalue weighted by Crippen LogP contribution is -2.42. The van der Waals surface area contributed by atoms with E-state index in [2.05, 4.69) is 0 Å². The van der Waals surface area contributed by atoms with Crippen LogP contribution in [-0.4, -0.2) is 53.6 Å². The van der Waals surface area contributed by atoms with Crippen LogP contribution in [-0.2, 0) is 14.3 Å². The molecule has 0 N–H and O–H groups in total. The highest BCUT2D eigenvalue weighted by Gasteiger charge is 2.41. The van der Waals surface area contributed by atoms with Crippen molar-refractivity contribution in [3.8, 4) is 5.75 Å². The maximum Gasteiger partial charge on any atom is 0.328 e. The Hall–Kier alpha value is -1.76. The first kappa shape index (κ1) is 19.0. The van der Waals surface area contributed by atoms with Gasteiger partial charge in [-0.3, -0.25) is 4.79 Å². The fraction of sp³-hybridized carbons (Fsp3) is 0.579. The van der Waals surface area contributed by atoms with Crippen molar-refractivity contribution in [1.82, 2.24) is 4.90 Å². The molecule has 7 heteroatoms. The van der Waals surface area contributed by atoms with E-state index in [1.54, 1.807) is 30.0 Å². The Morgan fingerprint density at radius 1 is 1.27 bits per heavy atom. The fourth-order valence-electron chi connectivity index (χ4n) is 3.56. The van der Waals surface area contributed by atoms with Crippen molar-refractivity contribution in [3.63, 3.8) is 0 Å². The molecule has 0 bridgehead atoms. The normalized spacial score (nSPS) is 23.2. The maximum atomic E-state index is 13.8. The smallest absolute Gasteiger partial charge is 0.328 e. The molecule has 0 radical (unpaired) electrons. The third-order valence-electron chi connectivity index (χ3n) is 4.93. The molecule has 5 nitrogen and oxygen atoms in total. The molecule has 0 aromatic heterocycles. The average Bonchev–Trinajstić information content (AvgIpc) is 3.31. The second-order valence-corrected chi connectivity index (χ2v) is 8.00. The van der Waals surface area contributed by atoms with Crippen molar-refractivity contribution in [2.24, 2.45) is 0 Å². The molecule has 26 heavy (non-hydrogen) atoms. The SMILES string of the molecule is COC(=O)[C@@H]1C[C@@H](Oc2ccccc2F)CN1C(=O)CSC1CCCC1. The van der Waals surface area contributed by atoms with Crippen molar-refractivity contribution in [1.29, 1.82) is 0 Å². The van der Waals surface area contributed by atoms with Crippen LogP contribution in [0, 0.1) is 5.82 Å². The topological polar surface area (TPSA) is 55.8 Å². The Labute approximate surface area is 157 Å². The van der Waals surface area contributed by atoms with Crippen LogP contribution in [0.1, 0.15) is 32.1 Å². The Balaban J connectivity index is 1.63. The predicted octanol–water partition coefficient (Wildman–Crippen LogP) is 3.02. The number of amides is 1. The zero-order valence-electron chi connectivity index (χ0n) is 14.9. The van der Waals surface area contributed by atoms with Crippen molar-refractivity contribution in [2.45, 2.75) is 49.5 Å². The first-order valence-electron chi connectivity index (χ1n) is 8.98. The molecule has 142 valence electrons. The standard InChI is InChI=1S/C19H24FNO4S/c1-24-19(23)16-10-13(25-17-9-5-4-8-15(17)20)11-21(16)18(22)12-26-14-6-2-3-7-14/h4-5,8-9,13-14,16H,2-3,6-7,10-12H2,1H3/t13-,16+/m1/s1. The van der Waals surface area contributed by atoms with Gasteiger partial charge in [0.2, 0.25) is 5.91 Å². The number of rotatable bonds is 6. The second kappa shape index (κ2) is 8.75. The average molecular weight is 381 g/mol. The Morgan fingerprint density at radius 2 is 2.00 bits per heavy atom.